The third kappa shape index (κ3) is 4.81. The molecule has 0 radical (unpaired) electrons. The van der Waals surface area contributed by atoms with Gasteiger partial charge >= 0.3 is 5.97 Å². The number of rotatable bonds is 6. The second-order valence-corrected chi connectivity index (χ2v) is 4.49. The van der Waals surface area contributed by atoms with Crippen molar-refractivity contribution in [2.24, 2.45) is 0 Å². The van der Waals surface area contributed by atoms with Crippen LogP contribution in [0.1, 0.15) is 12.8 Å². The molecule has 0 atom stereocenters. The monoisotopic (exact) mass is 211 g/mol. The van der Waals surface area contributed by atoms with Crippen molar-refractivity contribution in [3.8, 4) is 0 Å². The minimum Gasteiger partial charge on any atom is -0.481 e. The van der Waals surface area contributed by atoms with Crippen LogP contribution < -0.4 is 0 Å². The molecule has 0 bridgehead atoms. The van der Waals surface area contributed by atoms with Crippen LogP contribution in [0.4, 0.5) is 0 Å². The molecule has 0 aromatic carbocycles. The van der Waals surface area contributed by atoms with E-state index in [-0.39, 0.29) is 18.6 Å². The molecule has 7 heteroatoms. The van der Waals surface area contributed by atoms with Gasteiger partial charge in [-0.3, -0.25) is 9.63 Å². The zero-order chi connectivity index (χ0) is 10.5. The fraction of sp³-hybridized carbons (Fsp3) is 0.833. The molecular weight excluding hydrogens is 198 g/mol. The topological polar surface area (TPSA) is 83.9 Å². The highest BCUT2D eigenvalue weighted by molar-refractivity contribution is 7.88. The maximum atomic E-state index is 11.2. The van der Waals surface area contributed by atoms with E-state index in [1.54, 1.807) is 0 Å². The van der Waals surface area contributed by atoms with Crippen LogP contribution in [0.3, 0.4) is 0 Å². The number of carboxylic acids is 1. The SMILES string of the molecule is CON(C)S(=O)(=O)CCCC(=O)O. The van der Waals surface area contributed by atoms with E-state index in [4.69, 9.17) is 5.11 Å². The van der Waals surface area contributed by atoms with E-state index >= 15 is 0 Å². The van der Waals surface area contributed by atoms with E-state index in [0.717, 1.165) is 4.47 Å². The summed E-state index contributed by atoms with van der Waals surface area (Å²) in [6.45, 7) is 0. The molecule has 0 aliphatic rings. The quantitative estimate of drug-likeness (QED) is 0.608. The van der Waals surface area contributed by atoms with Crippen LogP contribution >= 0.6 is 0 Å². The Bertz CT molecular complexity index is 260. The van der Waals surface area contributed by atoms with E-state index in [9.17, 15) is 13.2 Å². The molecule has 0 unspecified atom stereocenters. The average Bonchev–Trinajstić information content (AvgIpc) is 2.01. The Labute approximate surface area is 77.1 Å². The Morgan fingerprint density at radius 2 is 2.08 bits per heavy atom. The molecule has 0 saturated heterocycles. The Morgan fingerprint density at radius 3 is 2.46 bits per heavy atom. The molecule has 0 spiro atoms. The van der Waals surface area contributed by atoms with Gasteiger partial charge in [0.15, 0.2) is 0 Å². The summed E-state index contributed by atoms with van der Waals surface area (Å²) in [5.74, 6) is -1.22. The van der Waals surface area contributed by atoms with E-state index < -0.39 is 16.0 Å². The second-order valence-electron chi connectivity index (χ2n) is 2.41. The van der Waals surface area contributed by atoms with Crippen LogP contribution in [0.5, 0.6) is 0 Å². The summed E-state index contributed by atoms with van der Waals surface area (Å²) in [5, 5.41) is 8.27. The maximum absolute atomic E-state index is 11.2. The van der Waals surface area contributed by atoms with Crippen molar-refractivity contribution < 1.29 is 23.2 Å². The lowest BCUT2D eigenvalue weighted by atomic mass is 10.3. The first-order chi connectivity index (χ1) is 5.90. The molecule has 1 N–H and O–H groups in total. The van der Waals surface area contributed by atoms with Crippen LogP contribution in [-0.4, -0.2) is 43.9 Å². The van der Waals surface area contributed by atoms with Crippen molar-refractivity contribution in [3.05, 3.63) is 0 Å². The fourth-order valence-corrected chi connectivity index (χ4v) is 1.64. The third-order valence-corrected chi connectivity index (χ3v) is 3.18. The minimum absolute atomic E-state index is 0.0887. The van der Waals surface area contributed by atoms with E-state index in [1.807, 2.05) is 0 Å². The van der Waals surface area contributed by atoms with Crippen LogP contribution in [0, 0.1) is 0 Å². The van der Waals surface area contributed by atoms with Gasteiger partial charge in [0, 0.05) is 13.5 Å². The van der Waals surface area contributed by atoms with Crippen molar-refractivity contribution in [1.29, 1.82) is 0 Å². The smallest absolute Gasteiger partial charge is 0.303 e. The number of hydrogen-bond donors (Lipinski definition) is 1. The molecule has 0 amide bonds. The second kappa shape index (κ2) is 5.15. The number of aliphatic carboxylic acids is 1. The van der Waals surface area contributed by atoms with Crippen LogP contribution in [-0.2, 0) is 19.7 Å². The summed E-state index contributed by atoms with van der Waals surface area (Å²) >= 11 is 0. The van der Waals surface area contributed by atoms with Crippen molar-refractivity contribution in [2.45, 2.75) is 12.8 Å². The summed E-state index contributed by atoms with van der Waals surface area (Å²) in [5.41, 5.74) is 0. The van der Waals surface area contributed by atoms with Gasteiger partial charge in [-0.25, -0.2) is 8.42 Å². The van der Waals surface area contributed by atoms with Crippen molar-refractivity contribution in [1.82, 2.24) is 4.47 Å². The first-order valence-electron chi connectivity index (χ1n) is 3.62. The van der Waals surface area contributed by atoms with E-state index in [1.165, 1.54) is 14.2 Å². The van der Waals surface area contributed by atoms with E-state index in [0.29, 0.717) is 0 Å². The lowest BCUT2D eigenvalue weighted by Crippen LogP contribution is -2.28. The molecule has 0 aromatic heterocycles. The van der Waals surface area contributed by atoms with Gasteiger partial charge in [-0.15, -0.1) is 0 Å². The molecule has 6 nitrogen and oxygen atoms in total. The predicted octanol–water partition coefficient (Wildman–Crippen LogP) is -0.326. The highest BCUT2D eigenvalue weighted by Crippen LogP contribution is 2.01. The number of sulfonamides is 1. The number of hydrogen-bond acceptors (Lipinski definition) is 4. The predicted molar refractivity (Wildman–Crippen MR) is 45.4 cm³/mol. The minimum atomic E-state index is -3.46. The van der Waals surface area contributed by atoms with E-state index in [2.05, 4.69) is 4.84 Å². The summed E-state index contributed by atoms with van der Waals surface area (Å²) in [4.78, 5) is 14.6. The molecule has 0 aromatic rings. The van der Waals surface area contributed by atoms with Crippen LogP contribution in [0.15, 0.2) is 0 Å². The van der Waals surface area contributed by atoms with Gasteiger partial charge in [0.1, 0.15) is 0 Å². The highest BCUT2D eigenvalue weighted by Gasteiger charge is 2.17. The summed E-state index contributed by atoms with van der Waals surface area (Å²) < 4.78 is 23.0. The summed E-state index contributed by atoms with van der Waals surface area (Å²) in [6.07, 6.45) is -0.0673. The number of hydroxylamine groups is 1. The molecule has 0 heterocycles. The molecule has 78 valence electrons. The normalized spacial score (nSPS) is 11.9. The van der Waals surface area contributed by atoms with Crippen LogP contribution in [0.25, 0.3) is 0 Å². The zero-order valence-corrected chi connectivity index (χ0v) is 8.37. The number of carbonyl (C=O) groups is 1. The van der Waals surface area contributed by atoms with Crippen LogP contribution in [0.2, 0.25) is 0 Å². The fourth-order valence-electron chi connectivity index (χ4n) is 0.648. The van der Waals surface area contributed by atoms with Gasteiger partial charge in [0.2, 0.25) is 10.0 Å². The molecular formula is C6H13NO5S. The Kier molecular flexibility index (Phi) is 4.89. The van der Waals surface area contributed by atoms with Gasteiger partial charge in [-0.2, -0.15) is 0 Å². The number of nitrogens with zero attached hydrogens (tertiary/aromatic N) is 1. The van der Waals surface area contributed by atoms with Crippen molar-refractivity contribution in [3.63, 3.8) is 0 Å². The van der Waals surface area contributed by atoms with Gasteiger partial charge < -0.3 is 5.11 Å². The van der Waals surface area contributed by atoms with Gasteiger partial charge in [-0.05, 0) is 6.42 Å². The zero-order valence-electron chi connectivity index (χ0n) is 7.56. The summed E-state index contributed by atoms with van der Waals surface area (Å²) in [7, 11) is -0.967. The molecule has 0 rings (SSSR count). The van der Waals surface area contributed by atoms with Crippen molar-refractivity contribution >= 4 is 16.0 Å². The third-order valence-electron chi connectivity index (χ3n) is 1.44. The molecule has 0 aliphatic carbocycles. The molecule has 13 heavy (non-hydrogen) atoms. The Balaban J connectivity index is 3.97. The lowest BCUT2D eigenvalue weighted by Gasteiger charge is -2.12. The Hall–Kier alpha value is -0.660. The molecule has 0 saturated carbocycles. The molecule has 0 fully saturated rings. The van der Waals surface area contributed by atoms with Gasteiger partial charge in [-0.1, -0.05) is 4.47 Å². The first-order valence-corrected chi connectivity index (χ1v) is 5.23. The lowest BCUT2D eigenvalue weighted by molar-refractivity contribution is -0.137. The first kappa shape index (κ1) is 12.3. The number of carboxylic acid groups (broad SMARTS) is 1. The van der Waals surface area contributed by atoms with Gasteiger partial charge in [0.25, 0.3) is 0 Å². The highest BCUT2D eigenvalue weighted by atomic mass is 32.2. The average molecular weight is 211 g/mol. The van der Waals surface area contributed by atoms with Crippen molar-refractivity contribution in [2.75, 3.05) is 19.9 Å². The largest absolute Gasteiger partial charge is 0.481 e. The Morgan fingerprint density at radius 1 is 1.54 bits per heavy atom. The maximum Gasteiger partial charge on any atom is 0.303 e. The summed E-state index contributed by atoms with van der Waals surface area (Å²) in [6, 6.07) is 0. The standard InChI is InChI=1S/C6H13NO5S/c1-7(12-2)13(10,11)5-3-4-6(8)9/h3-5H2,1-2H3,(H,8,9). The van der Waals surface area contributed by atoms with Gasteiger partial charge in [0.05, 0.1) is 12.9 Å². The molecule has 0 aliphatic heterocycles.